The van der Waals surface area contributed by atoms with Gasteiger partial charge in [-0.2, -0.15) is 0 Å². The number of hydrogen-bond donors (Lipinski definition) is 2. The Morgan fingerprint density at radius 2 is 1.90 bits per heavy atom. The Morgan fingerprint density at radius 1 is 1.25 bits per heavy atom. The third-order valence-electron chi connectivity index (χ3n) is 3.04. The Bertz CT molecular complexity index is 460. The minimum atomic E-state index is -0.842. The largest absolute Gasteiger partial charge is 0.481 e. The number of aliphatic carboxylic acids is 1. The first kappa shape index (κ1) is 16.2. The topological polar surface area (TPSA) is 69.6 Å². The van der Waals surface area contributed by atoms with Gasteiger partial charge in [-0.15, -0.1) is 0 Å². The molecule has 0 atom stereocenters. The summed E-state index contributed by atoms with van der Waals surface area (Å²) in [6.07, 6.45) is 0.953. The molecule has 0 aliphatic heterocycles. The molecular weight excluding hydrogens is 256 g/mol. The maximum absolute atomic E-state index is 11.5. The highest BCUT2D eigenvalue weighted by atomic mass is 16.4. The number of carboxylic acids is 1. The van der Waals surface area contributed by atoms with Crippen molar-refractivity contribution < 1.29 is 14.7 Å². The van der Waals surface area contributed by atoms with Crippen LogP contribution in [-0.2, 0) is 22.6 Å². The summed E-state index contributed by atoms with van der Waals surface area (Å²) in [5.41, 5.74) is 1.77. The standard InChI is InChI=1S/C15H22N2O3/c1-3-8-17(11-14(18)16-2)10-13-7-5-4-6-12(13)9-15(19)20/h4-7H,3,8-11H2,1-2H3,(H,16,18)(H,19,20). The monoisotopic (exact) mass is 278 g/mol. The zero-order chi connectivity index (χ0) is 15.0. The molecule has 0 aromatic heterocycles. The molecule has 110 valence electrons. The average molecular weight is 278 g/mol. The van der Waals surface area contributed by atoms with Gasteiger partial charge in [0.1, 0.15) is 0 Å². The SMILES string of the molecule is CCCN(CC(=O)NC)Cc1ccccc1CC(=O)O. The van der Waals surface area contributed by atoms with Crippen LogP contribution in [0.25, 0.3) is 0 Å². The molecule has 1 amide bonds. The van der Waals surface area contributed by atoms with E-state index in [2.05, 4.69) is 12.2 Å². The summed E-state index contributed by atoms with van der Waals surface area (Å²) in [5.74, 6) is -0.875. The molecule has 0 aliphatic rings. The first-order valence-corrected chi connectivity index (χ1v) is 6.78. The molecule has 0 bridgehead atoms. The Balaban J connectivity index is 2.81. The maximum atomic E-state index is 11.5. The van der Waals surface area contributed by atoms with Crippen LogP contribution in [0, 0.1) is 0 Å². The van der Waals surface area contributed by atoms with Crippen molar-refractivity contribution in [1.82, 2.24) is 10.2 Å². The number of carbonyl (C=O) groups excluding carboxylic acids is 1. The van der Waals surface area contributed by atoms with Crippen molar-refractivity contribution in [2.45, 2.75) is 26.3 Å². The number of benzene rings is 1. The van der Waals surface area contributed by atoms with E-state index in [4.69, 9.17) is 5.11 Å². The van der Waals surface area contributed by atoms with Crippen molar-refractivity contribution >= 4 is 11.9 Å². The lowest BCUT2D eigenvalue weighted by atomic mass is 10.0. The second-order valence-corrected chi connectivity index (χ2v) is 4.72. The number of nitrogens with zero attached hydrogens (tertiary/aromatic N) is 1. The molecule has 20 heavy (non-hydrogen) atoms. The van der Waals surface area contributed by atoms with Crippen LogP contribution in [-0.4, -0.2) is 42.0 Å². The first-order chi connectivity index (χ1) is 9.56. The molecule has 0 saturated heterocycles. The van der Waals surface area contributed by atoms with Gasteiger partial charge in [-0.25, -0.2) is 0 Å². The van der Waals surface area contributed by atoms with E-state index in [1.807, 2.05) is 29.2 Å². The Kier molecular flexibility index (Phi) is 6.73. The summed E-state index contributed by atoms with van der Waals surface area (Å²) in [5, 5.41) is 11.5. The molecule has 1 aromatic rings. The number of carbonyl (C=O) groups is 2. The van der Waals surface area contributed by atoms with Gasteiger partial charge in [0, 0.05) is 13.6 Å². The summed E-state index contributed by atoms with van der Waals surface area (Å²) < 4.78 is 0. The fourth-order valence-electron chi connectivity index (χ4n) is 2.10. The smallest absolute Gasteiger partial charge is 0.307 e. The molecule has 0 spiro atoms. The van der Waals surface area contributed by atoms with E-state index in [1.54, 1.807) is 7.05 Å². The number of amides is 1. The fraction of sp³-hybridized carbons (Fsp3) is 0.467. The predicted octanol–water partition coefficient (Wildman–Crippen LogP) is 1.27. The van der Waals surface area contributed by atoms with Crippen molar-refractivity contribution in [3.05, 3.63) is 35.4 Å². The van der Waals surface area contributed by atoms with Crippen molar-refractivity contribution in [2.24, 2.45) is 0 Å². The quantitative estimate of drug-likeness (QED) is 0.751. The number of nitrogens with one attached hydrogen (secondary N) is 1. The summed E-state index contributed by atoms with van der Waals surface area (Å²) >= 11 is 0. The molecule has 1 aromatic carbocycles. The van der Waals surface area contributed by atoms with E-state index >= 15 is 0 Å². The molecule has 2 N–H and O–H groups in total. The zero-order valence-electron chi connectivity index (χ0n) is 12.1. The molecule has 0 fully saturated rings. The second kappa shape index (κ2) is 8.32. The van der Waals surface area contributed by atoms with Crippen LogP contribution in [0.4, 0.5) is 0 Å². The Hall–Kier alpha value is -1.88. The molecule has 0 radical (unpaired) electrons. The summed E-state index contributed by atoms with van der Waals surface area (Å²) in [6.45, 7) is 3.77. The summed E-state index contributed by atoms with van der Waals surface area (Å²) in [4.78, 5) is 24.4. The molecule has 5 heteroatoms. The second-order valence-electron chi connectivity index (χ2n) is 4.72. The van der Waals surface area contributed by atoms with E-state index in [9.17, 15) is 9.59 Å². The molecule has 0 saturated carbocycles. The van der Waals surface area contributed by atoms with Crippen LogP contribution < -0.4 is 5.32 Å². The minimum absolute atomic E-state index is 0.0100. The van der Waals surface area contributed by atoms with Gasteiger partial charge in [-0.3, -0.25) is 14.5 Å². The van der Waals surface area contributed by atoms with E-state index in [1.165, 1.54) is 0 Å². The molecule has 0 unspecified atom stereocenters. The van der Waals surface area contributed by atoms with Crippen LogP contribution in [0.5, 0.6) is 0 Å². The Labute approximate surface area is 119 Å². The molecule has 0 heterocycles. The van der Waals surface area contributed by atoms with Crippen LogP contribution >= 0.6 is 0 Å². The lowest BCUT2D eigenvalue weighted by Crippen LogP contribution is -2.35. The van der Waals surface area contributed by atoms with E-state index in [0.29, 0.717) is 13.1 Å². The van der Waals surface area contributed by atoms with Crippen molar-refractivity contribution in [1.29, 1.82) is 0 Å². The van der Waals surface area contributed by atoms with Crippen LogP contribution in [0.2, 0.25) is 0 Å². The van der Waals surface area contributed by atoms with E-state index in [0.717, 1.165) is 24.1 Å². The van der Waals surface area contributed by atoms with Crippen molar-refractivity contribution in [3.8, 4) is 0 Å². The third kappa shape index (κ3) is 5.40. The fourth-order valence-corrected chi connectivity index (χ4v) is 2.10. The molecule has 5 nitrogen and oxygen atoms in total. The maximum Gasteiger partial charge on any atom is 0.307 e. The third-order valence-corrected chi connectivity index (χ3v) is 3.04. The summed E-state index contributed by atoms with van der Waals surface area (Å²) in [7, 11) is 1.62. The Morgan fingerprint density at radius 3 is 2.45 bits per heavy atom. The van der Waals surface area contributed by atoms with Crippen LogP contribution in [0.1, 0.15) is 24.5 Å². The minimum Gasteiger partial charge on any atom is -0.481 e. The van der Waals surface area contributed by atoms with Gasteiger partial charge in [0.05, 0.1) is 13.0 Å². The molecule has 1 rings (SSSR count). The number of rotatable bonds is 8. The van der Waals surface area contributed by atoms with Gasteiger partial charge in [-0.1, -0.05) is 31.2 Å². The van der Waals surface area contributed by atoms with Gasteiger partial charge in [0.15, 0.2) is 0 Å². The van der Waals surface area contributed by atoms with Crippen LogP contribution in [0.15, 0.2) is 24.3 Å². The predicted molar refractivity (Wildman–Crippen MR) is 77.4 cm³/mol. The summed E-state index contributed by atoms with van der Waals surface area (Å²) in [6, 6.07) is 7.48. The van der Waals surface area contributed by atoms with E-state index < -0.39 is 5.97 Å². The van der Waals surface area contributed by atoms with Crippen molar-refractivity contribution in [3.63, 3.8) is 0 Å². The number of hydrogen-bond acceptors (Lipinski definition) is 3. The van der Waals surface area contributed by atoms with Gasteiger partial charge in [0.25, 0.3) is 0 Å². The van der Waals surface area contributed by atoms with Gasteiger partial charge in [-0.05, 0) is 24.1 Å². The lowest BCUT2D eigenvalue weighted by Gasteiger charge is -2.22. The highest BCUT2D eigenvalue weighted by Gasteiger charge is 2.12. The van der Waals surface area contributed by atoms with Crippen LogP contribution in [0.3, 0.4) is 0 Å². The van der Waals surface area contributed by atoms with Gasteiger partial charge in [0.2, 0.25) is 5.91 Å². The number of likely N-dealkylation sites (N-methyl/N-ethyl adjacent to an activating group) is 1. The highest BCUT2D eigenvalue weighted by molar-refractivity contribution is 5.77. The lowest BCUT2D eigenvalue weighted by molar-refractivity contribution is -0.136. The van der Waals surface area contributed by atoms with Gasteiger partial charge < -0.3 is 10.4 Å². The average Bonchev–Trinajstić information content (AvgIpc) is 2.40. The zero-order valence-corrected chi connectivity index (χ0v) is 12.1. The van der Waals surface area contributed by atoms with Gasteiger partial charge >= 0.3 is 5.97 Å². The van der Waals surface area contributed by atoms with E-state index in [-0.39, 0.29) is 12.3 Å². The molecular formula is C15H22N2O3. The number of carboxylic acid groups (broad SMARTS) is 1. The van der Waals surface area contributed by atoms with Crippen molar-refractivity contribution in [2.75, 3.05) is 20.1 Å². The highest BCUT2D eigenvalue weighted by Crippen LogP contribution is 2.13. The first-order valence-electron chi connectivity index (χ1n) is 6.78. The molecule has 0 aliphatic carbocycles. The normalized spacial score (nSPS) is 10.6.